The SMILES string of the molecule is CC1CSCCN1C(=O)c1cc(Br)ccc1N. The summed E-state index contributed by atoms with van der Waals surface area (Å²) in [5.74, 6) is 2.04. The van der Waals surface area contributed by atoms with Crippen LogP contribution in [0.1, 0.15) is 17.3 Å². The first kappa shape index (κ1) is 12.8. The largest absolute Gasteiger partial charge is 0.398 e. The number of carbonyl (C=O) groups is 1. The highest BCUT2D eigenvalue weighted by atomic mass is 79.9. The average molecular weight is 315 g/mol. The zero-order chi connectivity index (χ0) is 12.4. The Kier molecular flexibility index (Phi) is 3.99. The molecule has 1 amide bonds. The van der Waals surface area contributed by atoms with Crippen molar-refractivity contribution in [1.29, 1.82) is 0 Å². The minimum atomic E-state index is 0.0385. The van der Waals surface area contributed by atoms with Gasteiger partial charge < -0.3 is 10.6 Å². The minimum absolute atomic E-state index is 0.0385. The molecule has 0 bridgehead atoms. The molecule has 0 spiro atoms. The number of rotatable bonds is 1. The molecule has 3 nitrogen and oxygen atoms in total. The molecule has 1 aliphatic heterocycles. The van der Waals surface area contributed by atoms with Crippen molar-refractivity contribution in [3.63, 3.8) is 0 Å². The molecule has 1 saturated heterocycles. The Morgan fingerprint density at radius 2 is 2.35 bits per heavy atom. The van der Waals surface area contributed by atoms with Gasteiger partial charge in [-0.3, -0.25) is 4.79 Å². The molecule has 0 aliphatic carbocycles. The molecule has 1 aromatic carbocycles. The van der Waals surface area contributed by atoms with E-state index < -0.39 is 0 Å². The van der Waals surface area contributed by atoms with Crippen molar-refractivity contribution >= 4 is 39.3 Å². The van der Waals surface area contributed by atoms with Gasteiger partial charge in [0.15, 0.2) is 0 Å². The quantitative estimate of drug-likeness (QED) is 0.810. The molecular formula is C12H15BrN2OS. The Morgan fingerprint density at radius 1 is 1.59 bits per heavy atom. The van der Waals surface area contributed by atoms with E-state index in [0.717, 1.165) is 22.5 Å². The third-order valence-electron chi connectivity index (χ3n) is 2.87. The molecule has 17 heavy (non-hydrogen) atoms. The summed E-state index contributed by atoms with van der Waals surface area (Å²) in [6, 6.07) is 5.69. The molecule has 0 radical (unpaired) electrons. The lowest BCUT2D eigenvalue weighted by Crippen LogP contribution is -2.44. The van der Waals surface area contributed by atoms with Crippen LogP contribution in [-0.2, 0) is 0 Å². The lowest BCUT2D eigenvalue weighted by atomic mass is 10.1. The number of halogens is 1. The van der Waals surface area contributed by atoms with Crippen LogP contribution < -0.4 is 5.73 Å². The van der Waals surface area contributed by atoms with Crippen LogP contribution in [0.15, 0.2) is 22.7 Å². The van der Waals surface area contributed by atoms with Crippen molar-refractivity contribution < 1.29 is 4.79 Å². The Bertz CT molecular complexity index is 439. The van der Waals surface area contributed by atoms with Gasteiger partial charge in [-0.1, -0.05) is 15.9 Å². The predicted molar refractivity (Wildman–Crippen MR) is 76.4 cm³/mol. The first-order valence-corrected chi connectivity index (χ1v) is 7.48. The maximum absolute atomic E-state index is 12.4. The summed E-state index contributed by atoms with van der Waals surface area (Å²) in [6.45, 7) is 2.88. The molecule has 92 valence electrons. The Hall–Kier alpha value is -0.680. The number of nitrogens with two attached hydrogens (primary N) is 1. The fourth-order valence-electron chi connectivity index (χ4n) is 1.90. The number of carbonyl (C=O) groups excluding carboxylic acids is 1. The molecular weight excluding hydrogens is 300 g/mol. The number of anilines is 1. The summed E-state index contributed by atoms with van der Waals surface area (Å²) >= 11 is 5.27. The van der Waals surface area contributed by atoms with E-state index in [2.05, 4.69) is 22.9 Å². The van der Waals surface area contributed by atoms with Crippen molar-refractivity contribution in [1.82, 2.24) is 4.90 Å². The lowest BCUT2D eigenvalue weighted by molar-refractivity contribution is 0.0717. The maximum atomic E-state index is 12.4. The number of hydrogen-bond acceptors (Lipinski definition) is 3. The third-order valence-corrected chi connectivity index (χ3v) is 4.56. The Morgan fingerprint density at radius 3 is 3.06 bits per heavy atom. The maximum Gasteiger partial charge on any atom is 0.256 e. The molecule has 5 heteroatoms. The first-order valence-electron chi connectivity index (χ1n) is 5.53. The highest BCUT2D eigenvalue weighted by Gasteiger charge is 2.25. The van der Waals surface area contributed by atoms with Gasteiger partial charge in [0.25, 0.3) is 5.91 Å². The van der Waals surface area contributed by atoms with Gasteiger partial charge in [-0.05, 0) is 25.1 Å². The molecule has 0 aromatic heterocycles. The van der Waals surface area contributed by atoms with E-state index in [-0.39, 0.29) is 11.9 Å². The summed E-state index contributed by atoms with van der Waals surface area (Å²) in [4.78, 5) is 14.3. The van der Waals surface area contributed by atoms with Crippen LogP contribution >= 0.6 is 27.7 Å². The van der Waals surface area contributed by atoms with Crippen LogP contribution in [0.2, 0.25) is 0 Å². The van der Waals surface area contributed by atoms with Gasteiger partial charge in [0.2, 0.25) is 0 Å². The summed E-state index contributed by atoms with van der Waals surface area (Å²) in [5.41, 5.74) is 7.01. The second-order valence-corrected chi connectivity index (χ2v) is 6.22. The second-order valence-electron chi connectivity index (χ2n) is 4.15. The zero-order valence-electron chi connectivity index (χ0n) is 9.65. The fraction of sp³-hybridized carbons (Fsp3) is 0.417. The average Bonchev–Trinajstić information content (AvgIpc) is 2.32. The normalized spacial score (nSPS) is 20.4. The number of nitrogen functional groups attached to an aromatic ring is 1. The van der Waals surface area contributed by atoms with Gasteiger partial charge >= 0.3 is 0 Å². The summed E-state index contributed by atoms with van der Waals surface area (Å²) < 4.78 is 0.883. The lowest BCUT2D eigenvalue weighted by Gasteiger charge is -2.33. The van der Waals surface area contributed by atoms with Gasteiger partial charge in [0.1, 0.15) is 0 Å². The molecule has 2 N–H and O–H groups in total. The van der Waals surface area contributed by atoms with Crippen LogP contribution in [-0.4, -0.2) is 34.9 Å². The predicted octanol–water partition coefficient (Wildman–Crippen LogP) is 2.61. The topological polar surface area (TPSA) is 46.3 Å². The molecule has 2 rings (SSSR count). The summed E-state index contributed by atoms with van der Waals surface area (Å²) in [6.07, 6.45) is 0. The zero-order valence-corrected chi connectivity index (χ0v) is 12.1. The van der Waals surface area contributed by atoms with Crippen LogP contribution in [0.3, 0.4) is 0 Å². The van der Waals surface area contributed by atoms with Crippen LogP contribution in [0.25, 0.3) is 0 Å². The van der Waals surface area contributed by atoms with Crippen molar-refractivity contribution in [3.8, 4) is 0 Å². The van der Waals surface area contributed by atoms with Crippen LogP contribution in [0, 0.1) is 0 Å². The molecule has 1 aliphatic rings. The van der Waals surface area contributed by atoms with Gasteiger partial charge in [-0.15, -0.1) is 0 Å². The van der Waals surface area contributed by atoms with E-state index in [1.807, 2.05) is 22.7 Å². The Labute approximate surface area is 114 Å². The smallest absolute Gasteiger partial charge is 0.256 e. The van der Waals surface area contributed by atoms with Gasteiger partial charge in [-0.2, -0.15) is 11.8 Å². The van der Waals surface area contributed by atoms with Gasteiger partial charge in [-0.25, -0.2) is 0 Å². The summed E-state index contributed by atoms with van der Waals surface area (Å²) in [5, 5.41) is 0. The standard InChI is InChI=1S/C12H15BrN2OS/c1-8-7-17-5-4-15(8)12(16)10-6-9(13)2-3-11(10)14/h2-3,6,8H,4-5,7,14H2,1H3. The highest BCUT2D eigenvalue weighted by molar-refractivity contribution is 9.10. The van der Waals surface area contributed by atoms with Crippen molar-refractivity contribution in [2.45, 2.75) is 13.0 Å². The van der Waals surface area contributed by atoms with E-state index in [4.69, 9.17) is 5.73 Å². The number of amides is 1. The number of thioether (sulfide) groups is 1. The van der Waals surface area contributed by atoms with Gasteiger partial charge in [0.05, 0.1) is 5.56 Å². The highest BCUT2D eigenvalue weighted by Crippen LogP contribution is 2.23. The van der Waals surface area contributed by atoms with E-state index >= 15 is 0 Å². The molecule has 1 fully saturated rings. The fourth-order valence-corrected chi connectivity index (χ4v) is 3.27. The van der Waals surface area contributed by atoms with Crippen molar-refractivity contribution in [2.75, 3.05) is 23.8 Å². The first-order chi connectivity index (χ1) is 8.09. The molecule has 1 unspecified atom stereocenters. The molecule has 1 aromatic rings. The molecule has 1 heterocycles. The monoisotopic (exact) mass is 314 g/mol. The van der Waals surface area contributed by atoms with Crippen LogP contribution in [0.5, 0.6) is 0 Å². The van der Waals surface area contributed by atoms with E-state index in [0.29, 0.717) is 11.3 Å². The number of benzene rings is 1. The molecule has 1 atom stereocenters. The minimum Gasteiger partial charge on any atom is -0.398 e. The number of nitrogens with zero attached hydrogens (tertiary/aromatic N) is 1. The Balaban J connectivity index is 2.26. The second kappa shape index (κ2) is 5.31. The number of hydrogen-bond donors (Lipinski definition) is 1. The molecule has 0 saturated carbocycles. The van der Waals surface area contributed by atoms with E-state index in [1.54, 1.807) is 12.1 Å². The van der Waals surface area contributed by atoms with Crippen molar-refractivity contribution in [2.24, 2.45) is 0 Å². The van der Waals surface area contributed by atoms with E-state index in [1.165, 1.54) is 0 Å². The van der Waals surface area contributed by atoms with Gasteiger partial charge in [0, 0.05) is 34.3 Å². The van der Waals surface area contributed by atoms with Crippen molar-refractivity contribution in [3.05, 3.63) is 28.2 Å². The van der Waals surface area contributed by atoms with E-state index in [9.17, 15) is 4.79 Å². The third kappa shape index (κ3) is 2.77. The van der Waals surface area contributed by atoms with Crippen LogP contribution in [0.4, 0.5) is 5.69 Å². The summed E-state index contributed by atoms with van der Waals surface area (Å²) in [7, 11) is 0.